The normalized spacial score (nSPS) is 11.8. The Balaban J connectivity index is 2.21. The van der Waals surface area contributed by atoms with E-state index in [1.165, 1.54) is 17.1 Å². The Bertz CT molecular complexity index is 1420. The van der Waals surface area contributed by atoms with Gasteiger partial charge in [0.15, 0.2) is 0 Å². The Hall–Kier alpha value is -3.20. The largest absolute Gasteiger partial charge is 0.744 e. The van der Waals surface area contributed by atoms with Crippen LogP contribution in [0.5, 0.6) is 0 Å². The molecule has 0 bridgehead atoms. The number of rotatable bonds is 3. The molecular formula is C22H21N3O4S. The number of hydrazine groups is 1. The molecular weight excluding hydrogens is 402 g/mol. The highest BCUT2D eigenvalue weighted by atomic mass is 32.2. The molecule has 0 aromatic heterocycles. The minimum absolute atomic E-state index is 0.268. The topological polar surface area (TPSA) is 103 Å². The molecule has 30 heavy (non-hydrogen) atoms. The van der Waals surface area contributed by atoms with Crippen LogP contribution in [0.25, 0.3) is 33.4 Å². The smallest absolute Gasteiger partial charge is 0.203 e. The predicted octanol–water partition coefficient (Wildman–Crippen LogP) is 2.45. The number of nitrogens with zero attached hydrogens (tertiary/aromatic N) is 2. The van der Waals surface area contributed by atoms with Gasteiger partial charge in [0.05, 0.1) is 16.6 Å². The maximum Gasteiger partial charge on any atom is 0.203 e. The van der Waals surface area contributed by atoms with Crippen molar-refractivity contribution in [1.82, 2.24) is 4.58 Å². The molecule has 1 aliphatic carbocycles. The van der Waals surface area contributed by atoms with Crippen LogP contribution >= 0.6 is 0 Å². The van der Waals surface area contributed by atoms with Crippen LogP contribution in [0.15, 0.2) is 70.0 Å². The van der Waals surface area contributed by atoms with E-state index in [1.807, 2.05) is 49.0 Å². The Morgan fingerprint density at radius 1 is 1.00 bits per heavy atom. The molecule has 0 saturated heterocycles. The number of benzene rings is 3. The summed E-state index contributed by atoms with van der Waals surface area (Å²) >= 11 is 0. The fraction of sp³-hybridized carbons (Fsp3) is 0.136. The van der Waals surface area contributed by atoms with Gasteiger partial charge in [-0.3, -0.25) is 0 Å². The van der Waals surface area contributed by atoms with E-state index in [1.54, 1.807) is 25.2 Å². The third kappa shape index (κ3) is 3.45. The van der Waals surface area contributed by atoms with Crippen LogP contribution in [-0.4, -0.2) is 34.1 Å². The lowest BCUT2D eigenvalue weighted by Crippen LogP contribution is -2.24. The van der Waals surface area contributed by atoms with Crippen molar-refractivity contribution in [2.75, 3.05) is 26.2 Å². The van der Waals surface area contributed by atoms with Crippen LogP contribution in [0.2, 0.25) is 0 Å². The van der Waals surface area contributed by atoms with Gasteiger partial charge in [-0.15, -0.1) is 0 Å². The first-order valence-corrected chi connectivity index (χ1v) is 10.6. The highest BCUT2D eigenvalue weighted by Gasteiger charge is 2.21. The summed E-state index contributed by atoms with van der Waals surface area (Å²) in [6.07, 6.45) is 0. The molecule has 0 radical (unpaired) electrons. The SMILES string of the molecule is CN(N)c1ccc2c(-c3ccccc3S(=O)(=O)[O-])c3ccc(=[N+](C)C)cc-3oc2c1. The Morgan fingerprint density at radius 3 is 2.40 bits per heavy atom. The quantitative estimate of drug-likeness (QED) is 0.179. The van der Waals surface area contributed by atoms with Crippen molar-refractivity contribution in [2.45, 2.75) is 4.90 Å². The molecule has 4 rings (SSSR count). The third-order valence-corrected chi connectivity index (χ3v) is 5.93. The van der Waals surface area contributed by atoms with E-state index in [-0.39, 0.29) is 4.90 Å². The summed E-state index contributed by atoms with van der Waals surface area (Å²) in [6, 6.07) is 17.3. The average molecular weight is 423 g/mol. The molecule has 7 nitrogen and oxygen atoms in total. The lowest BCUT2D eigenvalue weighted by atomic mass is 9.93. The number of anilines is 1. The first-order valence-electron chi connectivity index (χ1n) is 9.21. The molecule has 2 N–H and O–H groups in total. The van der Waals surface area contributed by atoms with Crippen LogP contribution in [0.1, 0.15) is 0 Å². The van der Waals surface area contributed by atoms with Crippen LogP contribution in [-0.2, 0) is 10.1 Å². The van der Waals surface area contributed by atoms with E-state index in [0.29, 0.717) is 33.4 Å². The van der Waals surface area contributed by atoms with Crippen molar-refractivity contribution in [3.05, 3.63) is 66.0 Å². The summed E-state index contributed by atoms with van der Waals surface area (Å²) in [7, 11) is 0.877. The van der Waals surface area contributed by atoms with Crippen molar-refractivity contribution in [3.63, 3.8) is 0 Å². The summed E-state index contributed by atoms with van der Waals surface area (Å²) in [4.78, 5) is -0.268. The zero-order valence-electron chi connectivity index (χ0n) is 16.8. The average Bonchev–Trinajstić information content (AvgIpc) is 2.70. The fourth-order valence-electron chi connectivity index (χ4n) is 3.55. The van der Waals surface area contributed by atoms with Gasteiger partial charge in [-0.1, -0.05) is 18.2 Å². The molecule has 0 amide bonds. The van der Waals surface area contributed by atoms with E-state index in [9.17, 15) is 13.0 Å². The van der Waals surface area contributed by atoms with Crippen LogP contribution < -0.4 is 20.8 Å². The molecule has 0 unspecified atom stereocenters. The van der Waals surface area contributed by atoms with E-state index in [0.717, 1.165) is 11.0 Å². The Kier molecular flexibility index (Phi) is 4.85. The molecule has 0 fully saturated rings. The first kappa shape index (κ1) is 20.1. The van der Waals surface area contributed by atoms with E-state index in [2.05, 4.69) is 0 Å². The molecule has 8 heteroatoms. The molecule has 2 aliphatic rings. The first-order chi connectivity index (χ1) is 14.2. The molecule has 1 aliphatic heterocycles. The highest BCUT2D eigenvalue weighted by Crippen LogP contribution is 2.42. The van der Waals surface area contributed by atoms with Gasteiger partial charge in [0.25, 0.3) is 0 Å². The molecule has 0 spiro atoms. The fourth-order valence-corrected chi connectivity index (χ4v) is 4.23. The van der Waals surface area contributed by atoms with E-state index < -0.39 is 10.1 Å². The Morgan fingerprint density at radius 2 is 1.73 bits per heavy atom. The molecule has 2 aromatic rings. The van der Waals surface area contributed by atoms with Gasteiger partial charge >= 0.3 is 0 Å². The third-order valence-electron chi connectivity index (χ3n) is 5.04. The molecule has 154 valence electrons. The van der Waals surface area contributed by atoms with Gasteiger partial charge in [-0.05, 0) is 24.3 Å². The summed E-state index contributed by atoms with van der Waals surface area (Å²) in [5, 5.41) is 3.07. The predicted molar refractivity (Wildman–Crippen MR) is 116 cm³/mol. The maximum atomic E-state index is 12.0. The molecule has 1 heterocycles. The monoisotopic (exact) mass is 423 g/mol. The second kappa shape index (κ2) is 7.24. The van der Waals surface area contributed by atoms with Gasteiger partial charge in [0.1, 0.15) is 35.6 Å². The highest BCUT2D eigenvalue weighted by molar-refractivity contribution is 7.85. The minimum atomic E-state index is -4.68. The van der Waals surface area contributed by atoms with Crippen molar-refractivity contribution in [1.29, 1.82) is 0 Å². The number of hydrogen-bond acceptors (Lipinski definition) is 6. The molecule has 0 saturated carbocycles. The van der Waals surface area contributed by atoms with Gasteiger partial charge in [-0.25, -0.2) is 18.8 Å². The summed E-state index contributed by atoms with van der Waals surface area (Å²) in [6.45, 7) is 0. The second-order valence-electron chi connectivity index (χ2n) is 7.29. The standard InChI is InChI=1S/C22H21N3O4S/c1-24(2)14-8-10-16-19(12-14)29-20-13-15(25(3)23)9-11-17(20)22(16)18-6-4-5-7-21(18)30(26,27)28/h4-13H,23H2,1-3H3. The van der Waals surface area contributed by atoms with Crippen LogP contribution in [0.4, 0.5) is 5.69 Å². The van der Waals surface area contributed by atoms with Crippen LogP contribution in [0.3, 0.4) is 0 Å². The zero-order valence-corrected chi connectivity index (χ0v) is 17.6. The second-order valence-corrected chi connectivity index (χ2v) is 8.64. The van der Waals surface area contributed by atoms with Gasteiger partial charge < -0.3 is 14.0 Å². The lowest BCUT2D eigenvalue weighted by molar-refractivity contribution is 0.463. The molecule has 2 aromatic carbocycles. The van der Waals surface area contributed by atoms with E-state index in [4.69, 9.17) is 10.3 Å². The van der Waals surface area contributed by atoms with Gasteiger partial charge in [0, 0.05) is 41.3 Å². The van der Waals surface area contributed by atoms with Crippen molar-refractivity contribution < 1.29 is 17.4 Å². The molecule has 0 atom stereocenters. The van der Waals surface area contributed by atoms with Crippen LogP contribution in [0, 0.1) is 0 Å². The zero-order chi connectivity index (χ0) is 21.6. The lowest BCUT2D eigenvalue weighted by Gasteiger charge is -2.20. The van der Waals surface area contributed by atoms with E-state index >= 15 is 0 Å². The van der Waals surface area contributed by atoms with Crippen molar-refractivity contribution in [2.24, 2.45) is 5.84 Å². The summed E-state index contributed by atoms with van der Waals surface area (Å²) in [5.41, 5.74) is 2.92. The van der Waals surface area contributed by atoms with Gasteiger partial charge in [-0.2, -0.15) is 0 Å². The van der Waals surface area contributed by atoms with Gasteiger partial charge in [0.2, 0.25) is 5.36 Å². The number of hydrogen-bond donors (Lipinski definition) is 1. The summed E-state index contributed by atoms with van der Waals surface area (Å²) in [5.74, 6) is 6.44. The minimum Gasteiger partial charge on any atom is -0.744 e. The Labute approximate surface area is 174 Å². The summed E-state index contributed by atoms with van der Waals surface area (Å²) < 4.78 is 44.1. The number of fused-ring (bicyclic) bond motifs is 2. The number of nitrogens with two attached hydrogens (primary N) is 1. The maximum absolute atomic E-state index is 12.0. The van der Waals surface area contributed by atoms with Crippen molar-refractivity contribution >= 4 is 26.8 Å². The van der Waals surface area contributed by atoms with Crippen molar-refractivity contribution in [3.8, 4) is 22.5 Å².